The highest BCUT2D eigenvalue weighted by Gasteiger charge is 2.35. The van der Waals surface area contributed by atoms with Crippen LogP contribution >= 0.6 is 0 Å². The molecule has 1 heterocycles. The molecule has 12 heavy (non-hydrogen) atoms. The molecule has 1 aliphatic heterocycles. The van der Waals surface area contributed by atoms with E-state index in [0.29, 0.717) is 5.54 Å². The van der Waals surface area contributed by atoms with E-state index < -0.39 is 0 Å². The minimum Gasteiger partial charge on any atom is -0.296 e. The Morgan fingerprint density at radius 1 is 1.42 bits per heavy atom. The van der Waals surface area contributed by atoms with Crippen LogP contribution in [0.2, 0.25) is 0 Å². The van der Waals surface area contributed by atoms with Crippen LogP contribution in [0.15, 0.2) is 0 Å². The molecule has 1 aliphatic rings. The second-order valence-electron chi connectivity index (χ2n) is 4.38. The van der Waals surface area contributed by atoms with Crippen LogP contribution in [-0.2, 0) is 0 Å². The first kappa shape index (κ1) is 10.0. The van der Waals surface area contributed by atoms with Gasteiger partial charge >= 0.3 is 0 Å². The number of hydrogen-bond donors (Lipinski definition) is 0. The molecule has 1 heteroatoms. The summed E-state index contributed by atoms with van der Waals surface area (Å²) in [5.41, 5.74) is 0.492. The van der Waals surface area contributed by atoms with Gasteiger partial charge in [-0.3, -0.25) is 4.90 Å². The Bertz CT molecular complexity index is 144. The average molecular weight is 169 g/mol. The monoisotopic (exact) mass is 169 g/mol. The highest BCUT2D eigenvalue weighted by atomic mass is 15.2. The molecule has 0 aromatic heterocycles. The zero-order chi connectivity index (χ0) is 9.19. The SMILES string of the molecule is CCN1C(C)CCCC1(C)CC. The average Bonchev–Trinajstić information content (AvgIpc) is 2.05. The molecule has 0 bridgehead atoms. The summed E-state index contributed by atoms with van der Waals surface area (Å²) in [5, 5.41) is 0. The third-order valence-electron chi connectivity index (χ3n) is 3.67. The number of rotatable bonds is 2. The van der Waals surface area contributed by atoms with E-state index in [4.69, 9.17) is 0 Å². The van der Waals surface area contributed by atoms with Crippen molar-refractivity contribution >= 4 is 0 Å². The fourth-order valence-corrected chi connectivity index (χ4v) is 2.68. The summed E-state index contributed by atoms with van der Waals surface area (Å²) in [7, 11) is 0. The van der Waals surface area contributed by atoms with Gasteiger partial charge in [-0.1, -0.05) is 20.3 Å². The maximum absolute atomic E-state index is 2.68. The van der Waals surface area contributed by atoms with Gasteiger partial charge in [0, 0.05) is 11.6 Å². The largest absolute Gasteiger partial charge is 0.296 e. The molecule has 72 valence electrons. The fraction of sp³-hybridized carbons (Fsp3) is 1.00. The molecular formula is C11H23N. The maximum Gasteiger partial charge on any atom is 0.0181 e. The van der Waals surface area contributed by atoms with Crippen LogP contribution in [0, 0.1) is 0 Å². The van der Waals surface area contributed by atoms with Gasteiger partial charge in [-0.25, -0.2) is 0 Å². The third-order valence-corrected chi connectivity index (χ3v) is 3.67. The van der Waals surface area contributed by atoms with Gasteiger partial charge < -0.3 is 0 Å². The van der Waals surface area contributed by atoms with E-state index >= 15 is 0 Å². The van der Waals surface area contributed by atoms with Gasteiger partial charge in [0.25, 0.3) is 0 Å². The number of nitrogens with zero attached hydrogens (tertiary/aromatic N) is 1. The van der Waals surface area contributed by atoms with Crippen molar-refractivity contribution in [3.05, 3.63) is 0 Å². The Kier molecular flexibility index (Phi) is 3.16. The summed E-state index contributed by atoms with van der Waals surface area (Å²) in [5.74, 6) is 0. The smallest absolute Gasteiger partial charge is 0.0181 e. The van der Waals surface area contributed by atoms with Crippen LogP contribution in [0.25, 0.3) is 0 Å². The first-order valence-corrected chi connectivity index (χ1v) is 5.40. The highest BCUT2D eigenvalue weighted by molar-refractivity contribution is 4.91. The predicted molar refractivity (Wildman–Crippen MR) is 54.4 cm³/mol. The van der Waals surface area contributed by atoms with Crippen LogP contribution in [0.1, 0.15) is 53.4 Å². The van der Waals surface area contributed by atoms with Crippen molar-refractivity contribution in [1.29, 1.82) is 0 Å². The molecule has 2 unspecified atom stereocenters. The Hall–Kier alpha value is -0.0400. The molecule has 0 radical (unpaired) electrons. The lowest BCUT2D eigenvalue weighted by Gasteiger charge is -2.48. The molecule has 0 aromatic rings. The van der Waals surface area contributed by atoms with Crippen LogP contribution < -0.4 is 0 Å². The Morgan fingerprint density at radius 2 is 2.08 bits per heavy atom. The quantitative estimate of drug-likeness (QED) is 0.614. The summed E-state index contributed by atoms with van der Waals surface area (Å²) in [6, 6.07) is 0.800. The van der Waals surface area contributed by atoms with Crippen molar-refractivity contribution in [3.8, 4) is 0 Å². The summed E-state index contributed by atoms with van der Waals surface area (Å²) < 4.78 is 0. The number of likely N-dealkylation sites (tertiary alicyclic amines) is 1. The van der Waals surface area contributed by atoms with Crippen molar-refractivity contribution in [2.45, 2.75) is 65.0 Å². The zero-order valence-corrected chi connectivity index (χ0v) is 9.06. The lowest BCUT2D eigenvalue weighted by molar-refractivity contribution is 0.0209. The van der Waals surface area contributed by atoms with Crippen molar-refractivity contribution < 1.29 is 0 Å². The van der Waals surface area contributed by atoms with E-state index in [2.05, 4.69) is 32.6 Å². The lowest BCUT2D eigenvalue weighted by Crippen LogP contribution is -2.53. The van der Waals surface area contributed by atoms with Crippen molar-refractivity contribution in [1.82, 2.24) is 4.90 Å². The minimum absolute atomic E-state index is 0.492. The van der Waals surface area contributed by atoms with Crippen LogP contribution in [0.5, 0.6) is 0 Å². The highest BCUT2D eigenvalue weighted by Crippen LogP contribution is 2.33. The molecule has 0 aromatic carbocycles. The fourth-order valence-electron chi connectivity index (χ4n) is 2.68. The molecule has 0 N–H and O–H groups in total. The summed E-state index contributed by atoms with van der Waals surface area (Å²) in [4.78, 5) is 2.68. The molecule has 0 saturated carbocycles. The van der Waals surface area contributed by atoms with Gasteiger partial charge in [0.1, 0.15) is 0 Å². The number of hydrogen-bond acceptors (Lipinski definition) is 1. The van der Waals surface area contributed by atoms with E-state index in [1.165, 1.54) is 32.2 Å². The van der Waals surface area contributed by atoms with E-state index in [-0.39, 0.29) is 0 Å². The van der Waals surface area contributed by atoms with Gasteiger partial charge in [0.15, 0.2) is 0 Å². The molecule has 1 rings (SSSR count). The summed E-state index contributed by atoms with van der Waals surface area (Å²) in [6.07, 6.45) is 5.50. The molecule has 1 saturated heterocycles. The third kappa shape index (κ3) is 1.66. The van der Waals surface area contributed by atoms with Crippen molar-refractivity contribution in [2.24, 2.45) is 0 Å². The molecule has 1 fully saturated rings. The Labute approximate surface area is 77.1 Å². The van der Waals surface area contributed by atoms with Gasteiger partial charge in [0.2, 0.25) is 0 Å². The van der Waals surface area contributed by atoms with Gasteiger partial charge in [-0.05, 0) is 39.7 Å². The van der Waals surface area contributed by atoms with Crippen molar-refractivity contribution in [2.75, 3.05) is 6.54 Å². The summed E-state index contributed by atoms with van der Waals surface area (Å²) >= 11 is 0. The first-order valence-electron chi connectivity index (χ1n) is 5.40. The topological polar surface area (TPSA) is 3.24 Å². The van der Waals surface area contributed by atoms with E-state index in [9.17, 15) is 0 Å². The minimum atomic E-state index is 0.492. The Balaban J connectivity index is 2.70. The van der Waals surface area contributed by atoms with Gasteiger partial charge in [-0.2, -0.15) is 0 Å². The van der Waals surface area contributed by atoms with E-state index in [1.807, 2.05) is 0 Å². The van der Waals surface area contributed by atoms with Crippen LogP contribution in [0.3, 0.4) is 0 Å². The van der Waals surface area contributed by atoms with Crippen LogP contribution in [-0.4, -0.2) is 23.0 Å². The number of piperidine rings is 1. The normalized spacial score (nSPS) is 38.5. The zero-order valence-electron chi connectivity index (χ0n) is 9.06. The lowest BCUT2D eigenvalue weighted by atomic mass is 9.83. The first-order chi connectivity index (χ1) is 5.64. The summed E-state index contributed by atoms with van der Waals surface area (Å²) in [6.45, 7) is 10.6. The molecule has 2 atom stereocenters. The van der Waals surface area contributed by atoms with E-state index in [0.717, 1.165) is 6.04 Å². The molecule has 0 aliphatic carbocycles. The second-order valence-corrected chi connectivity index (χ2v) is 4.38. The van der Waals surface area contributed by atoms with Gasteiger partial charge in [-0.15, -0.1) is 0 Å². The predicted octanol–water partition coefficient (Wildman–Crippen LogP) is 3.05. The van der Waals surface area contributed by atoms with Gasteiger partial charge in [0.05, 0.1) is 0 Å². The molecule has 0 spiro atoms. The van der Waals surface area contributed by atoms with Crippen LogP contribution in [0.4, 0.5) is 0 Å². The maximum atomic E-state index is 2.68. The second kappa shape index (κ2) is 3.78. The standard InChI is InChI=1S/C11H23N/c1-5-11(4)9-7-8-10(3)12(11)6-2/h10H,5-9H2,1-4H3. The van der Waals surface area contributed by atoms with Crippen molar-refractivity contribution in [3.63, 3.8) is 0 Å². The molecule has 0 amide bonds. The Morgan fingerprint density at radius 3 is 2.50 bits per heavy atom. The van der Waals surface area contributed by atoms with E-state index in [1.54, 1.807) is 0 Å². The molecular weight excluding hydrogens is 146 g/mol. The molecule has 1 nitrogen and oxygen atoms in total.